The second-order valence-electron chi connectivity index (χ2n) is 4.94. The van der Waals surface area contributed by atoms with Crippen LogP contribution in [0.1, 0.15) is 31.2 Å². The van der Waals surface area contributed by atoms with Gasteiger partial charge in [0.1, 0.15) is 5.01 Å². The Hall–Kier alpha value is -1.50. The summed E-state index contributed by atoms with van der Waals surface area (Å²) in [6.45, 7) is 3.03. The summed E-state index contributed by atoms with van der Waals surface area (Å²) < 4.78 is 0. The molecule has 19 heavy (non-hydrogen) atoms. The fourth-order valence-electron chi connectivity index (χ4n) is 2.89. The van der Waals surface area contributed by atoms with E-state index < -0.39 is 0 Å². The van der Waals surface area contributed by atoms with Crippen LogP contribution in [0, 0.1) is 11.8 Å². The van der Waals surface area contributed by atoms with Gasteiger partial charge in [0, 0.05) is 6.54 Å². The predicted molar refractivity (Wildman–Crippen MR) is 70.5 cm³/mol. The summed E-state index contributed by atoms with van der Waals surface area (Å²) in [5, 5.41) is 12.5. The maximum absolute atomic E-state index is 12.2. The molecule has 1 aromatic rings. The molecular weight excluding hydrogens is 264 g/mol. The third-order valence-corrected chi connectivity index (χ3v) is 4.64. The highest BCUT2D eigenvalue weighted by Gasteiger charge is 2.49. The number of nitrogens with one attached hydrogen (secondary N) is 1. The van der Waals surface area contributed by atoms with Crippen molar-refractivity contribution in [2.24, 2.45) is 11.8 Å². The van der Waals surface area contributed by atoms with Crippen molar-refractivity contribution in [1.82, 2.24) is 15.1 Å². The van der Waals surface area contributed by atoms with E-state index in [1.54, 1.807) is 0 Å². The molecule has 0 aromatic carbocycles. The fourth-order valence-corrected chi connectivity index (χ4v) is 3.69. The van der Waals surface area contributed by atoms with Gasteiger partial charge in [0.2, 0.25) is 16.9 Å². The number of carbonyl (C=O) groups excluding carboxylic acids is 2. The molecule has 2 unspecified atom stereocenters. The van der Waals surface area contributed by atoms with Gasteiger partial charge in [-0.2, -0.15) is 0 Å². The molecule has 2 atom stereocenters. The summed E-state index contributed by atoms with van der Waals surface area (Å²) in [6.07, 6.45) is 2.69. The molecule has 1 aromatic heterocycles. The lowest BCUT2D eigenvalue weighted by Gasteiger charge is -2.13. The van der Waals surface area contributed by atoms with E-state index >= 15 is 0 Å². The topological polar surface area (TPSA) is 75.2 Å². The van der Waals surface area contributed by atoms with Gasteiger partial charge in [-0.25, -0.2) is 0 Å². The lowest BCUT2D eigenvalue weighted by molar-refractivity contribution is -0.141. The SMILES string of the molecule is CCNc1nnc(CN2C(=O)C3CCCC3C2=O)s1. The zero-order chi connectivity index (χ0) is 13.4. The number of rotatable bonds is 4. The molecule has 3 rings (SSSR count). The quantitative estimate of drug-likeness (QED) is 0.840. The van der Waals surface area contributed by atoms with Crippen molar-refractivity contribution < 1.29 is 9.59 Å². The molecule has 6 nitrogen and oxygen atoms in total. The Morgan fingerprint density at radius 2 is 1.95 bits per heavy atom. The first kappa shape index (κ1) is 12.5. The molecule has 2 heterocycles. The molecule has 1 N–H and O–H groups in total. The first-order valence-electron chi connectivity index (χ1n) is 6.62. The van der Waals surface area contributed by atoms with Crippen LogP contribution in [0.4, 0.5) is 5.13 Å². The third-order valence-electron chi connectivity index (χ3n) is 3.77. The first-order chi connectivity index (χ1) is 9.20. The largest absolute Gasteiger partial charge is 0.360 e. The zero-order valence-electron chi connectivity index (χ0n) is 10.8. The predicted octanol–water partition coefficient (Wildman–Crippen LogP) is 1.25. The van der Waals surface area contributed by atoms with E-state index in [0.29, 0.717) is 5.01 Å². The Kier molecular flexibility index (Phi) is 3.22. The Bertz CT molecular complexity index is 494. The number of likely N-dealkylation sites (tertiary alicyclic amines) is 1. The van der Waals surface area contributed by atoms with Gasteiger partial charge in [-0.1, -0.05) is 17.8 Å². The van der Waals surface area contributed by atoms with Crippen molar-refractivity contribution in [3.8, 4) is 0 Å². The number of aromatic nitrogens is 2. The Morgan fingerprint density at radius 1 is 1.26 bits per heavy atom. The van der Waals surface area contributed by atoms with Crippen LogP contribution in [0.2, 0.25) is 0 Å². The Morgan fingerprint density at radius 3 is 2.58 bits per heavy atom. The lowest BCUT2D eigenvalue weighted by Crippen LogP contribution is -2.31. The average Bonchev–Trinajstić information content (AvgIpc) is 3.07. The van der Waals surface area contributed by atoms with Crippen molar-refractivity contribution >= 4 is 28.3 Å². The summed E-state index contributed by atoms with van der Waals surface area (Å²) in [5.74, 6) is -0.192. The minimum atomic E-state index is -0.0753. The van der Waals surface area contributed by atoms with Crippen molar-refractivity contribution in [2.45, 2.75) is 32.7 Å². The normalized spacial score (nSPS) is 26.1. The second-order valence-corrected chi connectivity index (χ2v) is 6.00. The van der Waals surface area contributed by atoms with Crippen LogP contribution in [0.15, 0.2) is 0 Å². The van der Waals surface area contributed by atoms with Crippen LogP contribution in [0.5, 0.6) is 0 Å². The minimum Gasteiger partial charge on any atom is -0.360 e. The smallest absolute Gasteiger partial charge is 0.233 e. The van der Waals surface area contributed by atoms with Crippen molar-refractivity contribution in [2.75, 3.05) is 11.9 Å². The number of hydrogen-bond acceptors (Lipinski definition) is 6. The molecule has 1 saturated heterocycles. The van der Waals surface area contributed by atoms with Gasteiger partial charge in [-0.05, 0) is 19.8 Å². The van der Waals surface area contributed by atoms with E-state index in [9.17, 15) is 9.59 Å². The van der Waals surface area contributed by atoms with E-state index in [1.165, 1.54) is 16.2 Å². The van der Waals surface area contributed by atoms with Gasteiger partial charge in [-0.3, -0.25) is 14.5 Å². The van der Waals surface area contributed by atoms with E-state index in [-0.39, 0.29) is 30.2 Å². The number of hydrogen-bond donors (Lipinski definition) is 1. The van der Waals surface area contributed by atoms with Crippen LogP contribution >= 0.6 is 11.3 Å². The number of carbonyl (C=O) groups is 2. The molecule has 2 fully saturated rings. The summed E-state index contributed by atoms with van der Waals surface area (Å²) in [7, 11) is 0. The van der Waals surface area contributed by atoms with E-state index in [0.717, 1.165) is 30.9 Å². The van der Waals surface area contributed by atoms with E-state index in [4.69, 9.17) is 0 Å². The highest BCUT2D eigenvalue weighted by atomic mass is 32.1. The Labute approximate surface area is 115 Å². The van der Waals surface area contributed by atoms with Crippen LogP contribution in [-0.4, -0.2) is 33.5 Å². The number of anilines is 1. The maximum atomic E-state index is 12.2. The van der Waals surface area contributed by atoms with Gasteiger partial charge < -0.3 is 5.32 Å². The number of nitrogens with zero attached hydrogens (tertiary/aromatic N) is 3. The summed E-state index contributed by atoms with van der Waals surface area (Å²) >= 11 is 1.40. The van der Waals surface area contributed by atoms with Crippen molar-refractivity contribution in [3.63, 3.8) is 0 Å². The summed E-state index contributed by atoms with van der Waals surface area (Å²) in [6, 6.07) is 0. The van der Waals surface area contributed by atoms with E-state index in [2.05, 4.69) is 15.5 Å². The molecule has 7 heteroatoms. The van der Waals surface area contributed by atoms with Crippen molar-refractivity contribution in [3.05, 3.63) is 5.01 Å². The molecular formula is C12H16N4O2S. The highest BCUT2D eigenvalue weighted by Crippen LogP contribution is 2.40. The van der Waals surface area contributed by atoms with Crippen molar-refractivity contribution in [1.29, 1.82) is 0 Å². The van der Waals surface area contributed by atoms with Gasteiger partial charge >= 0.3 is 0 Å². The number of imide groups is 1. The first-order valence-corrected chi connectivity index (χ1v) is 7.44. The molecule has 1 aliphatic carbocycles. The molecule has 1 aliphatic heterocycles. The molecule has 0 bridgehead atoms. The minimum absolute atomic E-state index is 0.0206. The second kappa shape index (κ2) is 4.88. The Balaban J connectivity index is 1.72. The molecule has 0 spiro atoms. The van der Waals surface area contributed by atoms with Crippen LogP contribution < -0.4 is 5.32 Å². The lowest BCUT2D eigenvalue weighted by atomic mass is 10.00. The molecule has 0 radical (unpaired) electrons. The number of amides is 2. The van der Waals surface area contributed by atoms with Gasteiger partial charge in [-0.15, -0.1) is 10.2 Å². The van der Waals surface area contributed by atoms with Gasteiger partial charge in [0.25, 0.3) is 0 Å². The van der Waals surface area contributed by atoms with Crippen LogP contribution in [0.25, 0.3) is 0 Å². The zero-order valence-corrected chi connectivity index (χ0v) is 11.6. The highest BCUT2D eigenvalue weighted by molar-refractivity contribution is 7.15. The fraction of sp³-hybridized carbons (Fsp3) is 0.667. The maximum Gasteiger partial charge on any atom is 0.233 e. The molecule has 1 saturated carbocycles. The van der Waals surface area contributed by atoms with E-state index in [1.807, 2.05) is 6.92 Å². The molecule has 2 amide bonds. The van der Waals surface area contributed by atoms with Crippen LogP contribution in [-0.2, 0) is 16.1 Å². The number of fused-ring (bicyclic) bond motifs is 1. The summed E-state index contributed by atoms with van der Waals surface area (Å²) in [4.78, 5) is 25.7. The standard InChI is InChI=1S/C12H16N4O2S/c1-2-13-12-15-14-9(19-12)6-16-10(17)7-4-3-5-8(7)11(16)18/h7-8H,2-6H2,1H3,(H,13,15). The van der Waals surface area contributed by atoms with Gasteiger partial charge in [0.05, 0.1) is 18.4 Å². The van der Waals surface area contributed by atoms with Gasteiger partial charge in [0.15, 0.2) is 0 Å². The average molecular weight is 280 g/mol. The molecule has 102 valence electrons. The summed E-state index contributed by atoms with van der Waals surface area (Å²) in [5.41, 5.74) is 0. The monoisotopic (exact) mass is 280 g/mol. The molecule has 2 aliphatic rings. The van der Waals surface area contributed by atoms with Crippen LogP contribution in [0.3, 0.4) is 0 Å². The third kappa shape index (κ3) is 2.11.